The molecule has 0 atom stereocenters. The number of nitrogens with zero attached hydrogens (tertiary/aromatic N) is 3. The summed E-state index contributed by atoms with van der Waals surface area (Å²) in [6.07, 6.45) is 1.46. The van der Waals surface area contributed by atoms with E-state index >= 15 is 0 Å². The van der Waals surface area contributed by atoms with Crippen molar-refractivity contribution in [1.82, 2.24) is 20.1 Å². The number of halogens is 1. The van der Waals surface area contributed by atoms with Crippen molar-refractivity contribution in [1.29, 1.82) is 0 Å². The molecule has 21 heavy (non-hydrogen) atoms. The van der Waals surface area contributed by atoms with Crippen LogP contribution in [0.25, 0.3) is 0 Å². The smallest absolute Gasteiger partial charge is 0.255 e. The molecule has 0 spiro atoms. The number of anilines is 1. The fraction of sp³-hybridized carbons (Fsp3) is 0.308. The number of hydrogen-bond donors (Lipinski definition) is 2. The minimum absolute atomic E-state index is 0.242. The van der Waals surface area contributed by atoms with Crippen molar-refractivity contribution in [3.63, 3.8) is 0 Å². The normalized spacial score (nSPS) is 10.2. The Morgan fingerprint density at radius 3 is 2.90 bits per heavy atom. The zero-order valence-corrected chi connectivity index (χ0v) is 12.5. The number of amides is 1. The number of nitrogens with one attached hydrogen (secondary N) is 2. The predicted octanol–water partition coefficient (Wildman–Crippen LogP) is 1.32. The van der Waals surface area contributed by atoms with Crippen LogP contribution in [-0.2, 0) is 7.05 Å². The van der Waals surface area contributed by atoms with E-state index < -0.39 is 0 Å². The fourth-order valence-electron chi connectivity index (χ4n) is 1.76. The van der Waals surface area contributed by atoms with Gasteiger partial charge in [0.15, 0.2) is 0 Å². The van der Waals surface area contributed by atoms with Crippen LogP contribution in [0.4, 0.5) is 5.95 Å². The van der Waals surface area contributed by atoms with Crippen molar-refractivity contribution in [3.8, 4) is 5.75 Å². The molecule has 0 aliphatic heterocycles. The zero-order chi connectivity index (χ0) is 15.2. The summed E-state index contributed by atoms with van der Waals surface area (Å²) >= 11 is 5.90. The zero-order valence-electron chi connectivity index (χ0n) is 11.8. The van der Waals surface area contributed by atoms with E-state index in [9.17, 15) is 4.79 Å². The van der Waals surface area contributed by atoms with Crippen molar-refractivity contribution in [2.75, 3.05) is 25.5 Å². The molecule has 2 N–H and O–H groups in total. The molecule has 2 aromatic rings. The third-order valence-electron chi connectivity index (χ3n) is 2.81. The van der Waals surface area contributed by atoms with E-state index in [1.54, 1.807) is 29.9 Å². The second-order valence-electron chi connectivity index (χ2n) is 4.23. The van der Waals surface area contributed by atoms with Crippen LogP contribution in [-0.4, -0.2) is 40.9 Å². The number of ether oxygens (including phenoxy) is 1. The summed E-state index contributed by atoms with van der Waals surface area (Å²) in [5.41, 5.74) is 0.406. The maximum atomic E-state index is 12.1. The lowest BCUT2D eigenvalue weighted by Crippen LogP contribution is -2.29. The van der Waals surface area contributed by atoms with Crippen LogP contribution in [0.2, 0.25) is 5.02 Å². The number of rotatable bonds is 6. The minimum Gasteiger partial charge on any atom is -0.496 e. The molecule has 1 aromatic carbocycles. The molecule has 1 amide bonds. The third-order valence-corrected chi connectivity index (χ3v) is 3.05. The number of carbonyl (C=O) groups is 1. The second kappa shape index (κ2) is 6.94. The lowest BCUT2D eigenvalue weighted by molar-refractivity contribution is 0.0952. The maximum absolute atomic E-state index is 12.1. The van der Waals surface area contributed by atoms with Crippen LogP contribution in [0.1, 0.15) is 10.4 Å². The van der Waals surface area contributed by atoms with E-state index in [2.05, 4.69) is 20.7 Å². The van der Waals surface area contributed by atoms with Gasteiger partial charge in [-0.05, 0) is 18.2 Å². The Labute approximate surface area is 127 Å². The summed E-state index contributed by atoms with van der Waals surface area (Å²) in [7, 11) is 3.29. The minimum atomic E-state index is -0.242. The molecular weight excluding hydrogens is 294 g/mol. The van der Waals surface area contributed by atoms with E-state index in [1.165, 1.54) is 13.4 Å². The van der Waals surface area contributed by atoms with E-state index in [-0.39, 0.29) is 5.91 Å². The summed E-state index contributed by atoms with van der Waals surface area (Å²) in [6, 6.07) is 4.91. The highest BCUT2D eigenvalue weighted by Crippen LogP contribution is 2.22. The largest absolute Gasteiger partial charge is 0.496 e. The Morgan fingerprint density at radius 1 is 1.43 bits per heavy atom. The van der Waals surface area contributed by atoms with Gasteiger partial charge in [-0.1, -0.05) is 11.6 Å². The molecule has 0 aliphatic rings. The van der Waals surface area contributed by atoms with Gasteiger partial charge in [0.25, 0.3) is 5.91 Å². The van der Waals surface area contributed by atoms with E-state index in [0.717, 1.165) is 0 Å². The van der Waals surface area contributed by atoms with Gasteiger partial charge in [0.05, 0.1) is 12.7 Å². The predicted molar refractivity (Wildman–Crippen MR) is 79.8 cm³/mol. The Hall–Kier alpha value is -2.28. The molecule has 0 bridgehead atoms. The molecule has 112 valence electrons. The Morgan fingerprint density at radius 2 is 2.24 bits per heavy atom. The summed E-state index contributed by atoms with van der Waals surface area (Å²) in [4.78, 5) is 16.1. The third kappa shape index (κ3) is 3.85. The van der Waals surface area contributed by atoms with Gasteiger partial charge in [0.2, 0.25) is 5.95 Å². The molecular formula is C13H16ClN5O2. The molecule has 0 aliphatic carbocycles. The first-order valence-electron chi connectivity index (χ1n) is 6.31. The van der Waals surface area contributed by atoms with Crippen LogP contribution in [0.3, 0.4) is 0 Å². The Kier molecular flexibility index (Phi) is 4.99. The van der Waals surface area contributed by atoms with Crippen LogP contribution >= 0.6 is 11.6 Å². The molecule has 8 heteroatoms. The van der Waals surface area contributed by atoms with Gasteiger partial charge < -0.3 is 15.4 Å². The standard InChI is InChI=1S/C13H16ClN5O2/c1-19-13(17-8-18-19)16-6-5-15-12(20)10-7-9(14)3-4-11(10)21-2/h3-4,7-8H,5-6H2,1-2H3,(H,15,20)(H,16,17,18). The first kappa shape index (κ1) is 15.1. The van der Waals surface area contributed by atoms with Gasteiger partial charge in [-0.15, -0.1) is 0 Å². The highest BCUT2D eigenvalue weighted by atomic mass is 35.5. The summed E-state index contributed by atoms with van der Waals surface area (Å²) in [5, 5.41) is 10.3. The number of aromatic nitrogens is 3. The number of hydrogen-bond acceptors (Lipinski definition) is 5. The first-order valence-corrected chi connectivity index (χ1v) is 6.69. The molecule has 0 saturated heterocycles. The molecule has 1 aromatic heterocycles. The Balaban J connectivity index is 1.87. The number of aryl methyl sites for hydroxylation is 1. The van der Waals surface area contributed by atoms with Crippen LogP contribution in [0.15, 0.2) is 24.5 Å². The van der Waals surface area contributed by atoms with Crippen LogP contribution < -0.4 is 15.4 Å². The van der Waals surface area contributed by atoms with Crippen molar-refractivity contribution >= 4 is 23.5 Å². The lowest BCUT2D eigenvalue weighted by Gasteiger charge is -2.10. The van der Waals surface area contributed by atoms with E-state index in [4.69, 9.17) is 16.3 Å². The van der Waals surface area contributed by atoms with Gasteiger partial charge in [-0.2, -0.15) is 10.1 Å². The van der Waals surface area contributed by atoms with Gasteiger partial charge in [-0.25, -0.2) is 4.68 Å². The van der Waals surface area contributed by atoms with Crippen molar-refractivity contribution in [2.24, 2.45) is 7.05 Å². The van der Waals surface area contributed by atoms with Crippen LogP contribution in [0.5, 0.6) is 5.75 Å². The molecule has 1 heterocycles. The number of benzene rings is 1. The topological polar surface area (TPSA) is 81.1 Å². The average molecular weight is 310 g/mol. The van der Waals surface area contributed by atoms with Crippen molar-refractivity contribution in [2.45, 2.75) is 0 Å². The molecule has 0 radical (unpaired) electrons. The Bertz CT molecular complexity index is 629. The fourth-order valence-corrected chi connectivity index (χ4v) is 1.93. The van der Waals surface area contributed by atoms with Gasteiger partial charge >= 0.3 is 0 Å². The molecule has 2 rings (SSSR count). The SMILES string of the molecule is COc1ccc(Cl)cc1C(=O)NCCNc1ncnn1C. The first-order chi connectivity index (χ1) is 10.1. The highest BCUT2D eigenvalue weighted by molar-refractivity contribution is 6.31. The van der Waals surface area contributed by atoms with Gasteiger partial charge in [0, 0.05) is 25.2 Å². The second-order valence-corrected chi connectivity index (χ2v) is 4.67. The summed E-state index contributed by atoms with van der Waals surface area (Å²) < 4.78 is 6.76. The quantitative estimate of drug-likeness (QED) is 0.787. The average Bonchev–Trinajstić information content (AvgIpc) is 2.88. The molecule has 0 unspecified atom stereocenters. The van der Waals surface area contributed by atoms with Crippen LogP contribution in [0, 0.1) is 0 Å². The number of carbonyl (C=O) groups excluding carboxylic acids is 1. The highest BCUT2D eigenvalue weighted by Gasteiger charge is 2.12. The molecule has 0 fully saturated rings. The molecule has 0 saturated carbocycles. The van der Waals surface area contributed by atoms with Gasteiger partial charge in [0.1, 0.15) is 12.1 Å². The van der Waals surface area contributed by atoms with E-state index in [0.29, 0.717) is 35.4 Å². The van der Waals surface area contributed by atoms with Crippen molar-refractivity contribution in [3.05, 3.63) is 35.1 Å². The summed E-state index contributed by atoms with van der Waals surface area (Å²) in [6.45, 7) is 0.961. The summed E-state index contributed by atoms with van der Waals surface area (Å²) in [5.74, 6) is 0.886. The molecule has 7 nitrogen and oxygen atoms in total. The lowest BCUT2D eigenvalue weighted by atomic mass is 10.2. The maximum Gasteiger partial charge on any atom is 0.255 e. The van der Waals surface area contributed by atoms with E-state index in [1.807, 2.05) is 0 Å². The number of methoxy groups -OCH3 is 1. The van der Waals surface area contributed by atoms with Crippen molar-refractivity contribution < 1.29 is 9.53 Å². The monoisotopic (exact) mass is 309 g/mol. The van der Waals surface area contributed by atoms with Gasteiger partial charge in [-0.3, -0.25) is 4.79 Å².